The maximum Gasteiger partial charge on any atom is 0.140 e. The third-order valence-electron chi connectivity index (χ3n) is 2.84. The van der Waals surface area contributed by atoms with E-state index in [0.717, 1.165) is 25.3 Å². The summed E-state index contributed by atoms with van der Waals surface area (Å²) >= 11 is 0. The van der Waals surface area contributed by atoms with Crippen molar-refractivity contribution in [3.8, 4) is 0 Å². The predicted octanol–water partition coefficient (Wildman–Crippen LogP) is -0.0737. The Balaban J connectivity index is 1.84. The molecule has 2 rings (SSSR count). The molecule has 1 aliphatic heterocycles. The Kier molecular flexibility index (Phi) is 3.11. The Morgan fingerprint density at radius 3 is 3.20 bits per heavy atom. The minimum absolute atomic E-state index is 0.264. The maximum absolute atomic E-state index is 11.7. The normalized spacial score (nSPS) is 20.7. The molecule has 15 heavy (non-hydrogen) atoms. The molecule has 1 unspecified atom stereocenters. The number of aryl methyl sites for hydroxylation is 1. The van der Waals surface area contributed by atoms with Gasteiger partial charge < -0.3 is 5.32 Å². The molecule has 82 valence electrons. The molecule has 1 fully saturated rings. The lowest BCUT2D eigenvalue weighted by molar-refractivity contribution is -0.119. The molecule has 2 heterocycles. The fourth-order valence-electron chi connectivity index (χ4n) is 1.94. The number of Topliss-reactive ketones (excluding diaryl/α,β-unsaturated/α-hetero) is 1. The monoisotopic (exact) mass is 208 g/mol. The van der Waals surface area contributed by atoms with Crippen LogP contribution in [-0.4, -0.2) is 33.6 Å². The van der Waals surface area contributed by atoms with Gasteiger partial charge in [0.2, 0.25) is 0 Å². The first-order chi connectivity index (χ1) is 7.25. The number of hydrogen-bond donors (Lipinski definition) is 1. The summed E-state index contributed by atoms with van der Waals surface area (Å²) in [6, 6.07) is 0. The largest absolute Gasteiger partial charge is 0.316 e. The van der Waals surface area contributed by atoms with Crippen LogP contribution in [0.5, 0.6) is 0 Å². The molecule has 1 saturated heterocycles. The summed E-state index contributed by atoms with van der Waals surface area (Å²) in [6.07, 6.45) is 3.68. The highest BCUT2D eigenvalue weighted by Gasteiger charge is 2.18. The first-order valence-electron chi connectivity index (χ1n) is 5.31. The molecule has 0 spiro atoms. The molecule has 1 aromatic rings. The standard InChI is InChI=1S/C10H16N4O/c1-14-10(12-7-13-14)5-9(15)4-8-2-3-11-6-8/h7-8,11H,2-6H2,1H3. The summed E-state index contributed by atoms with van der Waals surface area (Å²) in [4.78, 5) is 15.8. The Hall–Kier alpha value is -1.23. The number of aromatic nitrogens is 3. The van der Waals surface area contributed by atoms with Gasteiger partial charge in [-0.3, -0.25) is 9.48 Å². The van der Waals surface area contributed by atoms with Crippen molar-refractivity contribution in [2.75, 3.05) is 13.1 Å². The van der Waals surface area contributed by atoms with Gasteiger partial charge in [0.1, 0.15) is 17.9 Å². The van der Waals surface area contributed by atoms with Crippen LogP contribution in [0, 0.1) is 5.92 Å². The van der Waals surface area contributed by atoms with E-state index < -0.39 is 0 Å². The van der Waals surface area contributed by atoms with Gasteiger partial charge in [0.25, 0.3) is 0 Å². The minimum atomic E-state index is 0.264. The van der Waals surface area contributed by atoms with E-state index in [-0.39, 0.29) is 5.78 Å². The van der Waals surface area contributed by atoms with E-state index in [1.165, 1.54) is 6.33 Å². The van der Waals surface area contributed by atoms with Gasteiger partial charge in [0.15, 0.2) is 0 Å². The quantitative estimate of drug-likeness (QED) is 0.752. The molecule has 0 aliphatic carbocycles. The number of nitrogens with one attached hydrogen (secondary N) is 1. The van der Waals surface area contributed by atoms with Crippen molar-refractivity contribution in [3.63, 3.8) is 0 Å². The Morgan fingerprint density at radius 2 is 2.60 bits per heavy atom. The van der Waals surface area contributed by atoms with Crippen LogP contribution < -0.4 is 5.32 Å². The molecule has 1 aliphatic rings. The highest BCUT2D eigenvalue weighted by molar-refractivity contribution is 5.80. The molecule has 0 radical (unpaired) electrons. The average Bonchev–Trinajstić information content (AvgIpc) is 2.79. The van der Waals surface area contributed by atoms with Gasteiger partial charge in [-0.2, -0.15) is 5.10 Å². The van der Waals surface area contributed by atoms with E-state index in [4.69, 9.17) is 0 Å². The number of rotatable bonds is 4. The van der Waals surface area contributed by atoms with Crippen LogP contribution >= 0.6 is 0 Å². The molecule has 1 N–H and O–H groups in total. The lowest BCUT2D eigenvalue weighted by Crippen LogP contribution is -2.15. The second kappa shape index (κ2) is 4.53. The number of carbonyl (C=O) groups excluding carboxylic acids is 1. The van der Waals surface area contributed by atoms with Crippen LogP contribution in [0.3, 0.4) is 0 Å². The summed E-state index contributed by atoms with van der Waals surface area (Å²) in [5.41, 5.74) is 0. The molecular formula is C10H16N4O. The third kappa shape index (κ3) is 2.62. The predicted molar refractivity (Wildman–Crippen MR) is 55.3 cm³/mol. The number of hydrogen-bond acceptors (Lipinski definition) is 4. The summed E-state index contributed by atoms with van der Waals surface area (Å²) in [6.45, 7) is 2.02. The van der Waals surface area contributed by atoms with Crippen molar-refractivity contribution < 1.29 is 4.79 Å². The zero-order valence-corrected chi connectivity index (χ0v) is 8.94. The van der Waals surface area contributed by atoms with Crippen molar-refractivity contribution in [1.82, 2.24) is 20.1 Å². The molecule has 5 heteroatoms. The molecular weight excluding hydrogens is 192 g/mol. The van der Waals surface area contributed by atoms with Gasteiger partial charge in [-0.15, -0.1) is 0 Å². The van der Waals surface area contributed by atoms with Gasteiger partial charge in [0.05, 0.1) is 6.42 Å². The summed E-state index contributed by atoms with van der Waals surface area (Å²) in [5, 5.41) is 7.21. The van der Waals surface area contributed by atoms with Crippen LogP contribution in [0.4, 0.5) is 0 Å². The van der Waals surface area contributed by atoms with Crippen LogP contribution in [0.1, 0.15) is 18.7 Å². The molecule has 0 bridgehead atoms. The van der Waals surface area contributed by atoms with E-state index >= 15 is 0 Å². The van der Waals surface area contributed by atoms with Gasteiger partial charge in [-0.25, -0.2) is 4.98 Å². The van der Waals surface area contributed by atoms with Gasteiger partial charge in [-0.05, 0) is 25.4 Å². The second-order valence-corrected chi connectivity index (χ2v) is 4.08. The van der Waals surface area contributed by atoms with Crippen molar-refractivity contribution in [2.24, 2.45) is 13.0 Å². The number of carbonyl (C=O) groups is 1. The minimum Gasteiger partial charge on any atom is -0.316 e. The average molecular weight is 208 g/mol. The van der Waals surface area contributed by atoms with Crippen molar-refractivity contribution in [1.29, 1.82) is 0 Å². The summed E-state index contributed by atoms with van der Waals surface area (Å²) < 4.78 is 1.66. The SMILES string of the molecule is Cn1ncnc1CC(=O)CC1CCNC1. The van der Waals surface area contributed by atoms with E-state index in [1.807, 2.05) is 7.05 Å². The molecule has 1 atom stereocenters. The Labute approximate surface area is 88.9 Å². The fraction of sp³-hybridized carbons (Fsp3) is 0.700. The molecule has 5 nitrogen and oxygen atoms in total. The Bertz CT molecular complexity index is 341. The number of ketones is 1. The van der Waals surface area contributed by atoms with Crippen LogP contribution in [0.25, 0.3) is 0 Å². The van der Waals surface area contributed by atoms with Gasteiger partial charge in [-0.1, -0.05) is 0 Å². The van der Waals surface area contributed by atoms with E-state index in [9.17, 15) is 4.79 Å². The summed E-state index contributed by atoms with van der Waals surface area (Å²) in [5.74, 6) is 1.54. The van der Waals surface area contributed by atoms with Crippen molar-refractivity contribution >= 4 is 5.78 Å². The third-order valence-corrected chi connectivity index (χ3v) is 2.84. The van der Waals surface area contributed by atoms with E-state index in [0.29, 0.717) is 18.8 Å². The molecule has 0 amide bonds. The first kappa shape index (κ1) is 10.3. The smallest absolute Gasteiger partial charge is 0.140 e. The maximum atomic E-state index is 11.7. The van der Waals surface area contributed by atoms with Gasteiger partial charge >= 0.3 is 0 Å². The molecule has 0 saturated carbocycles. The lowest BCUT2D eigenvalue weighted by atomic mass is 10.0. The number of nitrogens with zero attached hydrogens (tertiary/aromatic N) is 3. The van der Waals surface area contributed by atoms with Crippen LogP contribution in [0.15, 0.2) is 6.33 Å². The zero-order valence-electron chi connectivity index (χ0n) is 8.94. The zero-order chi connectivity index (χ0) is 10.7. The van der Waals surface area contributed by atoms with E-state index in [1.54, 1.807) is 4.68 Å². The van der Waals surface area contributed by atoms with E-state index in [2.05, 4.69) is 15.4 Å². The highest BCUT2D eigenvalue weighted by Crippen LogP contribution is 2.13. The topological polar surface area (TPSA) is 59.8 Å². The van der Waals surface area contributed by atoms with Crippen LogP contribution in [0.2, 0.25) is 0 Å². The highest BCUT2D eigenvalue weighted by atomic mass is 16.1. The lowest BCUT2D eigenvalue weighted by Gasteiger charge is -2.06. The fourth-order valence-corrected chi connectivity index (χ4v) is 1.94. The molecule has 0 aromatic carbocycles. The van der Waals surface area contributed by atoms with Crippen molar-refractivity contribution in [3.05, 3.63) is 12.2 Å². The second-order valence-electron chi connectivity index (χ2n) is 4.08. The van der Waals surface area contributed by atoms with Gasteiger partial charge in [0, 0.05) is 13.5 Å². The summed E-state index contributed by atoms with van der Waals surface area (Å²) in [7, 11) is 1.81. The molecule has 1 aromatic heterocycles. The van der Waals surface area contributed by atoms with Crippen LogP contribution in [-0.2, 0) is 18.3 Å². The van der Waals surface area contributed by atoms with Crippen molar-refractivity contribution in [2.45, 2.75) is 19.3 Å². The first-order valence-corrected chi connectivity index (χ1v) is 5.31. The Morgan fingerprint density at radius 1 is 1.73 bits per heavy atom.